The van der Waals surface area contributed by atoms with Crippen LogP contribution in [-0.4, -0.2) is 79.3 Å². The Bertz CT molecular complexity index is 1980. The highest BCUT2D eigenvalue weighted by Gasteiger charge is 2.29. The molecule has 4 amide bonds. The number of sulfonamides is 1. The summed E-state index contributed by atoms with van der Waals surface area (Å²) in [6.07, 6.45) is 2.81. The summed E-state index contributed by atoms with van der Waals surface area (Å²) < 4.78 is 46.0. The molecule has 4 bridgehead atoms. The van der Waals surface area contributed by atoms with Gasteiger partial charge in [-0.1, -0.05) is 50.2 Å². The van der Waals surface area contributed by atoms with Gasteiger partial charge in [-0.15, -0.1) is 11.3 Å². The van der Waals surface area contributed by atoms with Crippen LogP contribution in [-0.2, 0) is 26.0 Å². The van der Waals surface area contributed by atoms with Crippen LogP contribution in [0.3, 0.4) is 0 Å². The average molecular weight is 740 g/mol. The summed E-state index contributed by atoms with van der Waals surface area (Å²) in [6, 6.07) is 12.5. The second-order valence-electron chi connectivity index (χ2n) is 12.4. The van der Waals surface area contributed by atoms with E-state index in [-0.39, 0.29) is 48.4 Å². The second kappa shape index (κ2) is 16.2. The number of aromatic nitrogens is 2. The standard InChI is InChI=1S/C34H38FN7O7S2/c1-21(2)14-26-34-40-28(20-50-34)31(45)36-12-13-41(30(44)18-42(51(3,47)48)24-11-7-10-23(35)16-24)17-29(43)37-25(15-22-8-5-4-6-9-22)33-39-27(19-49-33)32(46)38-26/h4-11,16,19-21,25-26H,12-15,17-18H2,1-3H3,(H,36,45)(H,37,43)(H,38,46)/t25-,26-/m0/s1. The summed E-state index contributed by atoms with van der Waals surface area (Å²) in [6.45, 7) is 2.38. The lowest BCUT2D eigenvalue weighted by Gasteiger charge is -2.28. The Labute approximate surface area is 298 Å². The number of thiazole rings is 1. The van der Waals surface area contributed by atoms with E-state index in [0.29, 0.717) is 11.4 Å². The minimum absolute atomic E-state index is 0.0308. The molecular weight excluding hydrogens is 702 g/mol. The van der Waals surface area contributed by atoms with Crippen LogP contribution < -0.4 is 20.3 Å². The van der Waals surface area contributed by atoms with Crippen LogP contribution in [0.5, 0.6) is 0 Å². The molecule has 3 heterocycles. The van der Waals surface area contributed by atoms with Crippen LogP contribution in [0.1, 0.15) is 69.8 Å². The molecule has 2 aromatic heterocycles. The van der Waals surface area contributed by atoms with E-state index in [2.05, 4.69) is 25.9 Å². The zero-order valence-corrected chi connectivity index (χ0v) is 29.8. The molecule has 270 valence electrons. The molecule has 3 N–H and O–H groups in total. The molecule has 2 aromatic carbocycles. The number of amides is 4. The second-order valence-corrected chi connectivity index (χ2v) is 15.2. The number of hydrogen-bond acceptors (Lipinski definition) is 10. The van der Waals surface area contributed by atoms with Crippen molar-refractivity contribution in [2.24, 2.45) is 5.92 Å². The molecule has 0 saturated carbocycles. The monoisotopic (exact) mass is 739 g/mol. The van der Waals surface area contributed by atoms with Crippen molar-refractivity contribution >= 4 is 50.7 Å². The Morgan fingerprint density at radius 1 is 1.04 bits per heavy atom. The Kier molecular flexibility index (Phi) is 11.8. The van der Waals surface area contributed by atoms with E-state index in [4.69, 9.17) is 4.42 Å². The molecule has 4 aromatic rings. The van der Waals surface area contributed by atoms with Crippen molar-refractivity contribution in [1.29, 1.82) is 0 Å². The number of halogens is 1. The van der Waals surface area contributed by atoms with Gasteiger partial charge in [-0.25, -0.2) is 22.8 Å². The number of nitrogens with one attached hydrogen (secondary N) is 3. The molecule has 51 heavy (non-hydrogen) atoms. The van der Waals surface area contributed by atoms with Crippen LogP contribution in [0, 0.1) is 11.7 Å². The topological polar surface area (TPSA) is 184 Å². The first-order valence-electron chi connectivity index (χ1n) is 16.1. The van der Waals surface area contributed by atoms with E-state index in [1.807, 2.05) is 44.2 Å². The maximum Gasteiger partial charge on any atom is 0.273 e. The molecule has 1 aliphatic rings. The van der Waals surface area contributed by atoms with Gasteiger partial charge < -0.3 is 25.3 Å². The number of fused-ring (bicyclic) bond motifs is 4. The summed E-state index contributed by atoms with van der Waals surface area (Å²) in [5.41, 5.74) is 0.806. The molecule has 2 atom stereocenters. The smallest absolute Gasteiger partial charge is 0.273 e. The summed E-state index contributed by atoms with van der Waals surface area (Å²) in [4.78, 5) is 63.9. The number of benzene rings is 2. The van der Waals surface area contributed by atoms with Gasteiger partial charge in [0.1, 0.15) is 35.4 Å². The van der Waals surface area contributed by atoms with Crippen molar-refractivity contribution in [3.8, 4) is 0 Å². The lowest BCUT2D eigenvalue weighted by Crippen LogP contribution is -2.49. The minimum atomic E-state index is -4.07. The van der Waals surface area contributed by atoms with E-state index in [1.165, 1.54) is 29.7 Å². The van der Waals surface area contributed by atoms with Gasteiger partial charge in [-0.3, -0.25) is 23.5 Å². The third-order valence-electron chi connectivity index (χ3n) is 7.87. The lowest BCUT2D eigenvalue weighted by atomic mass is 10.0. The van der Waals surface area contributed by atoms with Crippen LogP contribution in [0.4, 0.5) is 10.1 Å². The molecule has 0 spiro atoms. The Morgan fingerprint density at radius 3 is 2.51 bits per heavy atom. The number of oxazole rings is 1. The van der Waals surface area contributed by atoms with E-state index < -0.39 is 64.6 Å². The van der Waals surface area contributed by atoms with Crippen LogP contribution in [0.2, 0.25) is 0 Å². The van der Waals surface area contributed by atoms with Crippen molar-refractivity contribution < 1.29 is 36.4 Å². The van der Waals surface area contributed by atoms with E-state index in [9.17, 15) is 32.0 Å². The van der Waals surface area contributed by atoms with Crippen molar-refractivity contribution in [2.45, 2.75) is 38.8 Å². The summed E-state index contributed by atoms with van der Waals surface area (Å²) in [5, 5.41) is 10.5. The fourth-order valence-corrected chi connectivity index (χ4v) is 7.14. The molecule has 5 rings (SSSR count). The fraction of sp³-hybridized carbons (Fsp3) is 0.353. The Hall–Kier alpha value is -5.16. The molecule has 0 aliphatic carbocycles. The SMILES string of the molecule is CC(C)C[C@@H]1NC(=O)c2coc(n2)[C@H](Cc2ccccc2)NC(=O)CN(C(=O)CN(c2cccc(F)c2)S(C)(=O)=O)CCNC(=O)c2csc1n2. The molecule has 0 fully saturated rings. The van der Waals surface area contributed by atoms with Gasteiger partial charge in [-0.05, 0) is 36.1 Å². The van der Waals surface area contributed by atoms with Crippen molar-refractivity contribution in [1.82, 2.24) is 30.8 Å². The zero-order valence-electron chi connectivity index (χ0n) is 28.2. The number of hydrogen-bond donors (Lipinski definition) is 3. The lowest BCUT2D eigenvalue weighted by molar-refractivity contribution is -0.135. The number of nitrogens with zero attached hydrogens (tertiary/aromatic N) is 4. The highest BCUT2D eigenvalue weighted by Crippen LogP contribution is 2.26. The molecule has 0 saturated heterocycles. The first-order valence-corrected chi connectivity index (χ1v) is 18.8. The van der Waals surface area contributed by atoms with E-state index in [0.717, 1.165) is 33.2 Å². The molecule has 0 unspecified atom stereocenters. The average Bonchev–Trinajstić information content (AvgIpc) is 3.77. The first kappa shape index (κ1) is 37.1. The molecule has 14 nitrogen and oxygen atoms in total. The van der Waals surface area contributed by atoms with Crippen LogP contribution in [0.25, 0.3) is 0 Å². The van der Waals surface area contributed by atoms with Crippen molar-refractivity contribution in [3.05, 3.63) is 99.9 Å². The maximum absolute atomic E-state index is 14.1. The molecule has 17 heteroatoms. The van der Waals surface area contributed by atoms with E-state index >= 15 is 0 Å². The largest absolute Gasteiger partial charge is 0.446 e. The van der Waals surface area contributed by atoms with Gasteiger partial charge in [0.2, 0.25) is 27.7 Å². The fourth-order valence-electron chi connectivity index (χ4n) is 5.43. The Morgan fingerprint density at radius 2 is 1.80 bits per heavy atom. The number of carbonyl (C=O) groups is 4. The van der Waals surface area contributed by atoms with Gasteiger partial charge in [-0.2, -0.15) is 0 Å². The van der Waals surface area contributed by atoms with Gasteiger partial charge in [0, 0.05) is 24.9 Å². The van der Waals surface area contributed by atoms with E-state index in [1.54, 1.807) is 5.38 Å². The highest BCUT2D eigenvalue weighted by molar-refractivity contribution is 7.92. The molecule has 1 aliphatic heterocycles. The third-order valence-corrected chi connectivity index (χ3v) is 9.96. The van der Waals surface area contributed by atoms with Crippen molar-refractivity contribution in [3.63, 3.8) is 0 Å². The predicted octanol–water partition coefficient (Wildman–Crippen LogP) is 3.23. The first-order chi connectivity index (χ1) is 24.3. The van der Waals surface area contributed by atoms with Gasteiger partial charge in [0.25, 0.3) is 11.8 Å². The third kappa shape index (κ3) is 9.97. The van der Waals surface area contributed by atoms with Crippen molar-refractivity contribution in [2.75, 3.05) is 36.7 Å². The van der Waals surface area contributed by atoms with Gasteiger partial charge >= 0.3 is 0 Å². The van der Waals surface area contributed by atoms with Gasteiger partial charge in [0.05, 0.1) is 24.5 Å². The quantitative estimate of drug-likeness (QED) is 0.244. The molecular formula is C34H38FN7O7S2. The number of rotatable bonds is 8. The number of carbonyl (C=O) groups excluding carboxylic acids is 4. The number of anilines is 1. The summed E-state index contributed by atoms with van der Waals surface area (Å²) in [7, 11) is -4.07. The Balaban J connectivity index is 1.48. The summed E-state index contributed by atoms with van der Waals surface area (Å²) in [5.74, 6) is -3.01. The normalized spacial score (nSPS) is 17.6. The minimum Gasteiger partial charge on any atom is -0.446 e. The predicted molar refractivity (Wildman–Crippen MR) is 187 cm³/mol. The highest BCUT2D eigenvalue weighted by atomic mass is 32.2. The molecule has 0 radical (unpaired) electrons. The van der Waals surface area contributed by atoms with Crippen LogP contribution in [0.15, 0.2) is 70.7 Å². The maximum atomic E-state index is 14.1. The van der Waals surface area contributed by atoms with Crippen LogP contribution >= 0.6 is 11.3 Å². The summed E-state index contributed by atoms with van der Waals surface area (Å²) >= 11 is 1.21. The van der Waals surface area contributed by atoms with Gasteiger partial charge in [0.15, 0.2) is 5.69 Å². The zero-order chi connectivity index (χ0) is 36.7.